The summed E-state index contributed by atoms with van der Waals surface area (Å²) in [6.07, 6.45) is 0. The van der Waals surface area contributed by atoms with Gasteiger partial charge >= 0.3 is 0 Å². The molecule has 0 atom stereocenters. The predicted octanol–water partition coefficient (Wildman–Crippen LogP) is 17.1. The molecule has 11 aromatic carbocycles. The molecule has 0 aliphatic rings. The molecule has 0 fully saturated rings. The fourth-order valence-corrected chi connectivity index (χ4v) is 10.4. The number of benzene rings is 11. The van der Waals surface area contributed by atoms with Crippen molar-refractivity contribution >= 4 is 91.7 Å². The normalized spacial score (nSPS) is 11.7. The van der Waals surface area contributed by atoms with E-state index < -0.39 is 0 Å². The van der Waals surface area contributed by atoms with Crippen LogP contribution in [0.5, 0.6) is 0 Å². The Labute approximate surface area is 352 Å². The van der Waals surface area contributed by atoms with E-state index in [1.54, 1.807) is 0 Å². The lowest BCUT2D eigenvalue weighted by Gasteiger charge is -2.27. The third-order valence-corrected chi connectivity index (χ3v) is 13.3. The summed E-state index contributed by atoms with van der Waals surface area (Å²) in [6, 6.07) is 82.6. The number of anilines is 3. The van der Waals surface area contributed by atoms with Gasteiger partial charge in [0.15, 0.2) is 0 Å². The van der Waals surface area contributed by atoms with E-state index in [4.69, 9.17) is 0 Å². The molecule has 12 aromatic rings. The highest BCUT2D eigenvalue weighted by molar-refractivity contribution is 7.25. The predicted molar refractivity (Wildman–Crippen MR) is 260 cm³/mol. The fraction of sp³-hybridized carbons (Fsp3) is 0. The van der Waals surface area contributed by atoms with Gasteiger partial charge in [0.2, 0.25) is 0 Å². The average Bonchev–Trinajstić information content (AvgIpc) is 3.70. The van der Waals surface area contributed by atoms with Crippen molar-refractivity contribution < 1.29 is 0 Å². The Morgan fingerprint density at radius 1 is 0.250 bits per heavy atom. The summed E-state index contributed by atoms with van der Waals surface area (Å²) in [6.45, 7) is 0. The summed E-state index contributed by atoms with van der Waals surface area (Å²) in [5.41, 5.74) is 10.5. The lowest BCUT2D eigenvalue weighted by atomic mass is 9.92. The summed E-state index contributed by atoms with van der Waals surface area (Å²) in [5, 5.41) is 12.9. The molecule has 0 unspecified atom stereocenters. The first kappa shape index (κ1) is 34.5. The molecular weight excluding hydrogens is 743 g/mol. The van der Waals surface area contributed by atoms with Gasteiger partial charge in [-0.3, -0.25) is 0 Å². The second-order valence-corrected chi connectivity index (χ2v) is 16.8. The van der Waals surface area contributed by atoms with Crippen molar-refractivity contribution in [1.82, 2.24) is 0 Å². The smallest absolute Gasteiger partial charge is 0.0476 e. The van der Waals surface area contributed by atoms with E-state index in [0.717, 1.165) is 17.1 Å². The van der Waals surface area contributed by atoms with Gasteiger partial charge in [0.1, 0.15) is 0 Å². The topological polar surface area (TPSA) is 3.24 Å². The van der Waals surface area contributed by atoms with Gasteiger partial charge in [-0.25, -0.2) is 0 Å². The third-order valence-electron chi connectivity index (χ3n) is 12.2. The molecule has 12 rings (SSSR count). The zero-order chi connectivity index (χ0) is 39.6. The van der Waals surface area contributed by atoms with Crippen molar-refractivity contribution in [2.75, 3.05) is 4.90 Å². The molecule has 0 N–H and O–H groups in total. The molecule has 0 saturated heterocycles. The molecule has 0 aliphatic carbocycles. The molecule has 0 radical (unpaired) electrons. The van der Waals surface area contributed by atoms with Gasteiger partial charge in [-0.15, -0.1) is 11.3 Å². The molecule has 2 heteroatoms. The molecule has 60 heavy (non-hydrogen) atoms. The van der Waals surface area contributed by atoms with Crippen molar-refractivity contribution in [3.8, 4) is 33.4 Å². The van der Waals surface area contributed by atoms with Gasteiger partial charge in [0.05, 0.1) is 0 Å². The van der Waals surface area contributed by atoms with E-state index in [9.17, 15) is 0 Å². The molecule has 0 amide bonds. The molecule has 1 nitrogen and oxygen atoms in total. The van der Waals surface area contributed by atoms with Crippen molar-refractivity contribution in [1.29, 1.82) is 0 Å². The Morgan fingerprint density at radius 2 is 0.750 bits per heavy atom. The van der Waals surface area contributed by atoms with E-state index in [2.05, 4.69) is 229 Å². The van der Waals surface area contributed by atoms with Crippen LogP contribution in [0.3, 0.4) is 0 Å². The molecule has 1 aromatic heterocycles. The summed E-state index contributed by atoms with van der Waals surface area (Å²) in [5.74, 6) is 0. The number of thiophene rings is 1. The van der Waals surface area contributed by atoms with E-state index >= 15 is 0 Å². The van der Waals surface area contributed by atoms with Crippen molar-refractivity contribution in [2.45, 2.75) is 0 Å². The highest BCUT2D eigenvalue weighted by atomic mass is 32.1. The number of hydrogen-bond acceptors (Lipinski definition) is 2. The monoisotopic (exact) mass is 779 g/mol. The van der Waals surface area contributed by atoms with Gasteiger partial charge in [-0.05, 0) is 131 Å². The van der Waals surface area contributed by atoms with Gasteiger partial charge in [0.25, 0.3) is 0 Å². The summed E-state index contributed by atoms with van der Waals surface area (Å²) in [7, 11) is 0. The first-order chi connectivity index (χ1) is 29.7. The SMILES string of the molecule is c1ccc(-c2cc(-c3ccccc3)cc(N(c3ccc(-c4ccc5c(ccc6ccc7ccc8ccccc8c7c65)c4)cc3)c3ccc4c(c3)sc3ccccc34)c2)cc1. The van der Waals surface area contributed by atoms with Crippen LogP contribution in [0, 0.1) is 0 Å². The molecule has 0 aliphatic heterocycles. The Balaban J connectivity index is 1.01. The second-order valence-electron chi connectivity index (χ2n) is 15.7. The second kappa shape index (κ2) is 14.1. The number of rotatable bonds is 6. The van der Waals surface area contributed by atoms with Crippen molar-refractivity contribution in [2.24, 2.45) is 0 Å². The van der Waals surface area contributed by atoms with Crippen LogP contribution < -0.4 is 4.90 Å². The van der Waals surface area contributed by atoms with E-state index in [-0.39, 0.29) is 0 Å². The van der Waals surface area contributed by atoms with E-state index in [1.165, 1.54) is 96.6 Å². The molecular formula is C58H37NS. The largest absolute Gasteiger partial charge is 0.310 e. The number of nitrogens with zero attached hydrogens (tertiary/aromatic N) is 1. The summed E-state index contributed by atoms with van der Waals surface area (Å²) >= 11 is 1.86. The van der Waals surface area contributed by atoms with Gasteiger partial charge in [-0.1, -0.05) is 170 Å². The highest BCUT2D eigenvalue weighted by Crippen LogP contribution is 2.44. The lowest BCUT2D eigenvalue weighted by molar-refractivity contribution is 1.29. The maximum Gasteiger partial charge on any atom is 0.0476 e. The van der Waals surface area contributed by atoms with Gasteiger partial charge < -0.3 is 4.90 Å². The Kier molecular flexibility index (Phi) is 8.11. The minimum absolute atomic E-state index is 1.11. The molecule has 0 saturated carbocycles. The Bertz CT molecular complexity index is 3520. The average molecular weight is 780 g/mol. The molecule has 0 spiro atoms. The first-order valence-corrected chi connectivity index (χ1v) is 21.4. The first-order valence-electron chi connectivity index (χ1n) is 20.6. The van der Waals surface area contributed by atoms with E-state index in [0.29, 0.717) is 0 Å². The van der Waals surface area contributed by atoms with Crippen LogP contribution >= 0.6 is 11.3 Å². The number of fused-ring (bicyclic) bond motifs is 10. The molecule has 280 valence electrons. The molecule has 0 bridgehead atoms. The van der Waals surface area contributed by atoms with Crippen molar-refractivity contribution in [3.63, 3.8) is 0 Å². The van der Waals surface area contributed by atoms with Crippen LogP contribution in [0.1, 0.15) is 0 Å². The highest BCUT2D eigenvalue weighted by Gasteiger charge is 2.18. The third kappa shape index (κ3) is 5.84. The van der Waals surface area contributed by atoms with Crippen LogP contribution in [0.4, 0.5) is 17.1 Å². The number of hydrogen-bond donors (Lipinski definition) is 0. The lowest BCUT2D eigenvalue weighted by Crippen LogP contribution is -2.10. The van der Waals surface area contributed by atoms with Gasteiger partial charge in [-0.2, -0.15) is 0 Å². The van der Waals surface area contributed by atoms with E-state index in [1.807, 2.05) is 11.3 Å². The maximum atomic E-state index is 2.43. The maximum absolute atomic E-state index is 2.43. The quantitative estimate of drug-likeness (QED) is 0.152. The Hall–Kier alpha value is -7.52. The molecule has 1 heterocycles. The van der Waals surface area contributed by atoms with Crippen LogP contribution in [0.15, 0.2) is 224 Å². The zero-order valence-electron chi connectivity index (χ0n) is 32.7. The van der Waals surface area contributed by atoms with Gasteiger partial charge in [0, 0.05) is 37.2 Å². The van der Waals surface area contributed by atoms with Crippen LogP contribution in [-0.2, 0) is 0 Å². The van der Waals surface area contributed by atoms with Crippen molar-refractivity contribution in [3.05, 3.63) is 224 Å². The standard InChI is InChI=1S/C58H37NS/c1-3-11-38(12-4-1)46-34-47(39-13-5-2-6-14-39)36-50(35-46)59(49-30-32-54-53-17-9-10-18-55(53)60-56(54)37-49)48-28-25-40(26-29-48)44-27-31-52-45(33-44)24-23-43-22-21-42-20-19-41-15-7-8-16-51(41)57(42)58(43)52/h1-37H. The van der Waals surface area contributed by atoms with Crippen LogP contribution in [0.25, 0.3) is 96.6 Å². The fourth-order valence-electron chi connectivity index (χ4n) is 9.27. The minimum atomic E-state index is 1.11. The van der Waals surface area contributed by atoms with Crippen LogP contribution in [-0.4, -0.2) is 0 Å². The summed E-state index contributed by atoms with van der Waals surface area (Å²) < 4.78 is 2.59. The van der Waals surface area contributed by atoms with Crippen LogP contribution in [0.2, 0.25) is 0 Å². The zero-order valence-corrected chi connectivity index (χ0v) is 33.5. The summed E-state index contributed by atoms with van der Waals surface area (Å²) in [4.78, 5) is 2.43. The Morgan fingerprint density at radius 3 is 1.45 bits per heavy atom. The minimum Gasteiger partial charge on any atom is -0.310 e.